The van der Waals surface area contributed by atoms with Crippen molar-refractivity contribution in [3.63, 3.8) is 0 Å². The van der Waals surface area contributed by atoms with Gasteiger partial charge in [0.2, 0.25) is 0 Å². The van der Waals surface area contributed by atoms with Crippen LogP contribution in [0.3, 0.4) is 0 Å². The molecule has 0 fully saturated rings. The van der Waals surface area contributed by atoms with Gasteiger partial charge in [0, 0.05) is 70.2 Å². The molecule has 0 bridgehead atoms. The summed E-state index contributed by atoms with van der Waals surface area (Å²) in [5, 5.41) is 7.77. The second-order valence-corrected chi connectivity index (χ2v) is 15.3. The van der Waals surface area contributed by atoms with Crippen molar-refractivity contribution >= 4 is 59.3 Å². The standard InChI is InChI=1S/C26H17N3.C17H12.C10H7BrN2/c1-2-8-21-18(6-1)11-13-24-26(21)22-9-3-4-10-23(22)29(24)25-14-12-20(17-28-25)19-7-5-15-27-16-19;1-3-7-15-12(5-1)9-10-14-11-13-6-2-4-8-16(13)17(14)15;11-10-4-3-9(7-13-10)8-2-1-5-12-6-8/h1-17H;1-10H,11H2;1-7H. The molecule has 0 radical (unpaired) electrons. The molecule has 0 saturated carbocycles. The Morgan fingerprint density at radius 2 is 1.03 bits per heavy atom. The monoisotopic (exact) mass is 821 g/mol. The summed E-state index contributed by atoms with van der Waals surface area (Å²) < 4.78 is 3.10. The second kappa shape index (κ2) is 15.9. The van der Waals surface area contributed by atoms with Gasteiger partial charge in [0.15, 0.2) is 0 Å². The summed E-state index contributed by atoms with van der Waals surface area (Å²) in [6, 6.07) is 59.5. The molecule has 12 rings (SSSR count). The van der Waals surface area contributed by atoms with Crippen molar-refractivity contribution < 1.29 is 0 Å². The lowest BCUT2D eigenvalue weighted by atomic mass is 9.98. The molecular weight excluding hydrogens is 787 g/mol. The Balaban J connectivity index is 0.000000118. The Morgan fingerprint density at radius 1 is 0.424 bits per heavy atom. The summed E-state index contributed by atoms with van der Waals surface area (Å²) in [5.74, 6) is 0.916. The summed E-state index contributed by atoms with van der Waals surface area (Å²) in [6.45, 7) is 0. The second-order valence-electron chi connectivity index (χ2n) is 14.4. The van der Waals surface area contributed by atoms with E-state index in [1.54, 1.807) is 12.4 Å². The molecule has 5 nitrogen and oxygen atoms in total. The SMILES string of the molecule is Brc1ccc(-c2cccnc2)cn1.c1ccc2c(c1)Cc1ccc3ccccc3c1-2.c1cncc(-c2ccc(-n3c4ccccc4c4c5ccccc5ccc43)nc2)c1. The topological polar surface area (TPSA) is 56.5 Å². The molecule has 59 heavy (non-hydrogen) atoms. The van der Waals surface area contributed by atoms with E-state index in [-0.39, 0.29) is 0 Å². The van der Waals surface area contributed by atoms with Gasteiger partial charge in [-0.05, 0) is 109 Å². The first-order valence-corrected chi connectivity index (χ1v) is 20.4. The molecule has 280 valence electrons. The van der Waals surface area contributed by atoms with Crippen LogP contribution in [0.1, 0.15) is 11.1 Å². The van der Waals surface area contributed by atoms with E-state index in [9.17, 15) is 0 Å². The predicted molar refractivity (Wildman–Crippen MR) is 247 cm³/mol. The maximum absolute atomic E-state index is 4.81. The van der Waals surface area contributed by atoms with E-state index < -0.39 is 0 Å². The van der Waals surface area contributed by atoms with Crippen molar-refractivity contribution in [2.45, 2.75) is 6.42 Å². The van der Waals surface area contributed by atoms with Crippen molar-refractivity contribution in [1.82, 2.24) is 24.5 Å². The lowest BCUT2D eigenvalue weighted by Gasteiger charge is -2.08. The highest BCUT2D eigenvalue weighted by molar-refractivity contribution is 9.10. The van der Waals surface area contributed by atoms with Crippen molar-refractivity contribution in [2.24, 2.45) is 0 Å². The van der Waals surface area contributed by atoms with Gasteiger partial charge < -0.3 is 0 Å². The Labute approximate surface area is 350 Å². The van der Waals surface area contributed by atoms with E-state index >= 15 is 0 Å². The first kappa shape index (κ1) is 36.1. The van der Waals surface area contributed by atoms with Crippen LogP contribution in [-0.4, -0.2) is 24.5 Å². The highest BCUT2D eigenvalue weighted by Gasteiger charge is 2.20. The average Bonchev–Trinajstić information content (AvgIpc) is 3.87. The van der Waals surface area contributed by atoms with Crippen LogP contribution in [0.4, 0.5) is 0 Å². The Morgan fingerprint density at radius 3 is 1.73 bits per heavy atom. The van der Waals surface area contributed by atoms with Gasteiger partial charge >= 0.3 is 0 Å². The third kappa shape index (κ3) is 7.05. The number of fused-ring (bicyclic) bond motifs is 10. The maximum Gasteiger partial charge on any atom is 0.137 e. The molecule has 0 saturated heterocycles. The first-order chi connectivity index (χ1) is 29.2. The molecule has 0 unspecified atom stereocenters. The zero-order valence-electron chi connectivity index (χ0n) is 32.0. The minimum atomic E-state index is 0.847. The van der Waals surface area contributed by atoms with Gasteiger partial charge in [0.25, 0.3) is 0 Å². The summed E-state index contributed by atoms with van der Waals surface area (Å²) in [5.41, 5.74) is 12.4. The normalized spacial score (nSPS) is 11.4. The van der Waals surface area contributed by atoms with Crippen LogP contribution in [0.25, 0.3) is 82.5 Å². The number of para-hydroxylation sites is 1. The Kier molecular flexibility index (Phi) is 9.74. The quantitative estimate of drug-likeness (QED) is 0.167. The van der Waals surface area contributed by atoms with Crippen LogP contribution < -0.4 is 0 Å². The summed E-state index contributed by atoms with van der Waals surface area (Å²) >= 11 is 3.29. The smallest absolute Gasteiger partial charge is 0.137 e. The fourth-order valence-electron chi connectivity index (χ4n) is 8.19. The van der Waals surface area contributed by atoms with E-state index in [0.717, 1.165) is 39.1 Å². The molecule has 6 aromatic carbocycles. The van der Waals surface area contributed by atoms with Crippen LogP contribution in [-0.2, 0) is 6.42 Å². The zero-order valence-corrected chi connectivity index (χ0v) is 33.5. The summed E-state index contributed by atoms with van der Waals surface area (Å²) in [7, 11) is 0. The highest BCUT2D eigenvalue weighted by atomic mass is 79.9. The fourth-order valence-corrected chi connectivity index (χ4v) is 8.43. The van der Waals surface area contributed by atoms with Crippen LogP contribution in [0.2, 0.25) is 0 Å². The fraction of sp³-hybridized carbons (Fsp3) is 0.0189. The molecule has 0 spiro atoms. The maximum atomic E-state index is 4.81. The molecule has 0 aliphatic heterocycles. The van der Waals surface area contributed by atoms with Gasteiger partial charge in [-0.1, -0.05) is 127 Å². The number of hydrogen-bond acceptors (Lipinski definition) is 4. The third-order valence-electron chi connectivity index (χ3n) is 10.9. The number of nitrogens with zero attached hydrogens (tertiary/aromatic N) is 5. The molecule has 5 heterocycles. The summed E-state index contributed by atoms with van der Waals surface area (Å²) in [6.07, 6.45) is 12.1. The molecule has 1 aliphatic carbocycles. The van der Waals surface area contributed by atoms with E-state index in [1.165, 1.54) is 65.6 Å². The molecular formula is C53H36BrN5. The largest absolute Gasteiger partial charge is 0.294 e. The van der Waals surface area contributed by atoms with E-state index in [4.69, 9.17) is 4.98 Å². The van der Waals surface area contributed by atoms with Crippen molar-refractivity contribution in [1.29, 1.82) is 0 Å². The van der Waals surface area contributed by atoms with E-state index in [1.807, 2.05) is 55.1 Å². The van der Waals surface area contributed by atoms with E-state index in [0.29, 0.717) is 0 Å². The van der Waals surface area contributed by atoms with Crippen LogP contribution in [0.15, 0.2) is 212 Å². The number of rotatable bonds is 3. The number of benzene rings is 6. The predicted octanol–water partition coefficient (Wildman–Crippen LogP) is 13.7. The first-order valence-electron chi connectivity index (χ1n) is 19.6. The number of hydrogen-bond donors (Lipinski definition) is 0. The van der Waals surface area contributed by atoms with Gasteiger partial charge in [-0.2, -0.15) is 0 Å². The van der Waals surface area contributed by atoms with Gasteiger partial charge in [-0.15, -0.1) is 0 Å². The molecule has 1 aliphatic rings. The van der Waals surface area contributed by atoms with Crippen LogP contribution >= 0.6 is 15.9 Å². The van der Waals surface area contributed by atoms with Gasteiger partial charge in [0.05, 0.1) is 11.0 Å². The zero-order chi connectivity index (χ0) is 39.5. The van der Waals surface area contributed by atoms with Crippen molar-refractivity contribution in [3.8, 4) is 39.2 Å². The van der Waals surface area contributed by atoms with Crippen molar-refractivity contribution in [2.75, 3.05) is 0 Å². The lowest BCUT2D eigenvalue weighted by molar-refractivity contribution is 1.08. The highest BCUT2D eigenvalue weighted by Crippen LogP contribution is 2.41. The Hall–Kier alpha value is -7.28. The van der Waals surface area contributed by atoms with Crippen LogP contribution in [0.5, 0.6) is 0 Å². The third-order valence-corrected chi connectivity index (χ3v) is 11.4. The molecule has 6 heteroatoms. The van der Waals surface area contributed by atoms with Crippen molar-refractivity contribution in [3.05, 3.63) is 223 Å². The minimum absolute atomic E-state index is 0.847. The number of pyridine rings is 4. The Bertz CT molecular complexity index is 3230. The van der Waals surface area contributed by atoms with Gasteiger partial charge in [-0.25, -0.2) is 9.97 Å². The number of aromatic nitrogens is 5. The van der Waals surface area contributed by atoms with Crippen LogP contribution in [0, 0.1) is 0 Å². The van der Waals surface area contributed by atoms with E-state index in [2.05, 4.69) is 175 Å². The average molecular weight is 823 g/mol. The lowest BCUT2D eigenvalue weighted by Crippen LogP contribution is -1.97. The molecule has 5 aromatic heterocycles. The molecule has 0 N–H and O–H groups in total. The summed E-state index contributed by atoms with van der Waals surface area (Å²) in [4.78, 5) is 17.2. The minimum Gasteiger partial charge on any atom is -0.294 e. The van der Waals surface area contributed by atoms with Gasteiger partial charge in [0.1, 0.15) is 10.4 Å². The molecule has 0 amide bonds. The number of halogens is 1. The molecule has 11 aromatic rings. The molecule has 0 atom stereocenters. The van der Waals surface area contributed by atoms with Gasteiger partial charge in [-0.3, -0.25) is 14.5 Å².